The highest BCUT2D eigenvalue weighted by Gasteiger charge is 2.32. The van der Waals surface area contributed by atoms with Gasteiger partial charge in [-0.05, 0) is 18.9 Å². The molecule has 10 N–H and O–H groups in total. The van der Waals surface area contributed by atoms with Crippen LogP contribution in [0.3, 0.4) is 0 Å². The molecule has 2 fully saturated rings. The number of anilines is 4. The quantitative estimate of drug-likeness (QED) is 0.295. The van der Waals surface area contributed by atoms with Crippen LogP contribution in [-0.4, -0.2) is 70.3 Å². The number of nitrogens with one attached hydrogen (secondary N) is 2. The summed E-state index contributed by atoms with van der Waals surface area (Å²) in [6, 6.07) is 0.164. The van der Waals surface area contributed by atoms with Gasteiger partial charge in [-0.1, -0.05) is 11.6 Å². The molecule has 0 bridgehead atoms. The average molecular weight is 517 g/mol. The normalized spacial score (nSPS) is 25.5. The molecule has 4 atom stereocenters. The van der Waals surface area contributed by atoms with Crippen LogP contribution in [0.1, 0.15) is 18.4 Å². The van der Waals surface area contributed by atoms with Crippen LogP contribution >= 0.6 is 11.6 Å². The number of halogens is 4. The van der Waals surface area contributed by atoms with E-state index < -0.39 is 11.7 Å². The number of alkyl halides is 3. The summed E-state index contributed by atoms with van der Waals surface area (Å²) >= 11 is 5.98. The van der Waals surface area contributed by atoms with Crippen molar-refractivity contribution in [2.75, 3.05) is 46.8 Å². The summed E-state index contributed by atoms with van der Waals surface area (Å²) in [6.45, 7) is 1.98. The average Bonchev–Trinajstić information content (AvgIpc) is 2.76. The Hall–Kier alpha value is -2.72. The Morgan fingerprint density at radius 1 is 0.829 bits per heavy atom. The van der Waals surface area contributed by atoms with E-state index >= 15 is 0 Å². The first-order chi connectivity index (χ1) is 16.5. The Labute approximate surface area is 204 Å². The van der Waals surface area contributed by atoms with Crippen molar-refractivity contribution in [2.24, 2.45) is 22.9 Å². The standard InChI is InChI=1S/C19H28ClF3N12/c20-14-1-9(19(21,22)23)4-28-15(14)32-33-16-29-17(34-5-10(24)2-11(25)6-34)31-18(30-16)35-7-12(26)3-13(27)8-35/h1,4,10-13H,2-3,5-8,24-27H2,(H,28,32)(H,29,30,31,33)/t10-,11+,12-,13+. The summed E-state index contributed by atoms with van der Waals surface area (Å²) in [5, 5.41) is -0.234. The van der Waals surface area contributed by atoms with Crippen molar-refractivity contribution < 1.29 is 13.2 Å². The molecule has 4 heterocycles. The van der Waals surface area contributed by atoms with E-state index in [0.29, 0.717) is 57.1 Å². The Kier molecular flexibility index (Phi) is 7.32. The van der Waals surface area contributed by atoms with E-state index in [-0.39, 0.29) is 41.0 Å². The predicted octanol–water partition coefficient (Wildman–Crippen LogP) is 0.107. The maximum absolute atomic E-state index is 12.9. The van der Waals surface area contributed by atoms with Gasteiger partial charge in [-0.15, -0.1) is 0 Å². The second-order valence-corrected chi connectivity index (χ2v) is 9.29. The van der Waals surface area contributed by atoms with E-state index in [9.17, 15) is 13.2 Å². The van der Waals surface area contributed by atoms with Crippen LogP contribution in [0.2, 0.25) is 5.02 Å². The fourth-order valence-electron chi connectivity index (χ4n) is 4.18. The molecule has 0 aliphatic carbocycles. The number of piperidine rings is 2. The van der Waals surface area contributed by atoms with Crippen molar-refractivity contribution in [1.82, 2.24) is 19.9 Å². The highest BCUT2D eigenvalue weighted by Crippen LogP contribution is 2.32. The topological polar surface area (TPSA) is 186 Å². The van der Waals surface area contributed by atoms with E-state index in [1.165, 1.54) is 0 Å². The summed E-state index contributed by atoms with van der Waals surface area (Å²) in [4.78, 5) is 20.9. The van der Waals surface area contributed by atoms with Crippen LogP contribution in [0, 0.1) is 0 Å². The van der Waals surface area contributed by atoms with E-state index in [2.05, 4.69) is 30.8 Å². The van der Waals surface area contributed by atoms with Gasteiger partial charge >= 0.3 is 6.18 Å². The molecular formula is C19H28ClF3N12. The van der Waals surface area contributed by atoms with Gasteiger partial charge in [-0.25, -0.2) is 4.98 Å². The smallest absolute Gasteiger partial charge is 0.338 e. The highest BCUT2D eigenvalue weighted by atomic mass is 35.5. The van der Waals surface area contributed by atoms with E-state index in [0.717, 1.165) is 6.07 Å². The first-order valence-electron chi connectivity index (χ1n) is 11.0. The van der Waals surface area contributed by atoms with Crippen LogP contribution < -0.4 is 43.6 Å². The van der Waals surface area contributed by atoms with E-state index in [1.54, 1.807) is 0 Å². The van der Waals surface area contributed by atoms with Gasteiger partial charge in [0.1, 0.15) is 0 Å². The van der Waals surface area contributed by atoms with Crippen LogP contribution in [0.5, 0.6) is 0 Å². The fraction of sp³-hybridized carbons (Fsp3) is 0.579. The SMILES string of the molecule is N[C@@H]1C[C@H](N)CN(c2nc(NNc3ncc(C(F)(F)F)cc3Cl)nc(N3C[C@H](N)C[C@H](N)C3)n2)C1. The maximum Gasteiger partial charge on any atom is 0.417 e. The van der Waals surface area contributed by atoms with Gasteiger partial charge in [0.25, 0.3) is 0 Å². The lowest BCUT2D eigenvalue weighted by Crippen LogP contribution is -2.54. The molecule has 2 aliphatic heterocycles. The molecular weight excluding hydrogens is 489 g/mol. The maximum atomic E-state index is 12.9. The predicted molar refractivity (Wildman–Crippen MR) is 127 cm³/mol. The Balaban J connectivity index is 1.60. The van der Waals surface area contributed by atoms with Crippen molar-refractivity contribution in [1.29, 1.82) is 0 Å². The van der Waals surface area contributed by atoms with Crippen molar-refractivity contribution in [2.45, 2.75) is 43.2 Å². The highest BCUT2D eigenvalue weighted by molar-refractivity contribution is 6.33. The van der Waals surface area contributed by atoms with Crippen LogP contribution in [0.15, 0.2) is 12.3 Å². The lowest BCUT2D eigenvalue weighted by Gasteiger charge is -2.37. The number of pyridine rings is 1. The molecule has 0 unspecified atom stereocenters. The molecule has 0 radical (unpaired) electrons. The number of nitrogens with two attached hydrogens (primary N) is 4. The van der Waals surface area contributed by atoms with Crippen LogP contribution in [0.4, 0.5) is 36.8 Å². The molecule has 2 aromatic rings. The molecule has 0 saturated carbocycles. The molecule has 2 aliphatic rings. The zero-order chi connectivity index (χ0) is 25.3. The first kappa shape index (κ1) is 25.4. The van der Waals surface area contributed by atoms with Gasteiger partial charge in [-0.3, -0.25) is 10.9 Å². The van der Waals surface area contributed by atoms with E-state index in [1.807, 2.05) is 9.80 Å². The largest absolute Gasteiger partial charge is 0.417 e. The van der Waals surface area contributed by atoms with Gasteiger partial charge in [0, 0.05) is 56.5 Å². The summed E-state index contributed by atoms with van der Waals surface area (Å²) < 4.78 is 38.7. The third kappa shape index (κ3) is 6.29. The molecule has 192 valence electrons. The summed E-state index contributed by atoms with van der Waals surface area (Å²) in [5.74, 6) is 0.726. The molecule has 12 nitrogen and oxygen atoms in total. The molecule has 4 rings (SSSR count). The van der Waals surface area contributed by atoms with Gasteiger partial charge in [0.15, 0.2) is 5.82 Å². The van der Waals surface area contributed by atoms with Crippen molar-refractivity contribution in [3.63, 3.8) is 0 Å². The van der Waals surface area contributed by atoms with E-state index in [4.69, 9.17) is 34.5 Å². The minimum Gasteiger partial charge on any atom is -0.338 e. The van der Waals surface area contributed by atoms with Crippen molar-refractivity contribution in [3.05, 3.63) is 22.8 Å². The number of aromatic nitrogens is 4. The zero-order valence-corrected chi connectivity index (χ0v) is 19.5. The van der Waals surface area contributed by atoms with Crippen molar-refractivity contribution >= 4 is 35.3 Å². The number of hydrazine groups is 1. The van der Waals surface area contributed by atoms with Crippen molar-refractivity contribution in [3.8, 4) is 0 Å². The summed E-state index contributed by atoms with van der Waals surface area (Å²) in [6.07, 6.45) is -2.54. The minimum atomic E-state index is -4.56. The Morgan fingerprint density at radius 3 is 1.74 bits per heavy atom. The third-order valence-corrected chi connectivity index (χ3v) is 5.96. The van der Waals surface area contributed by atoms with Crippen LogP contribution in [0.25, 0.3) is 0 Å². The number of hydrogen-bond donors (Lipinski definition) is 6. The van der Waals surface area contributed by atoms with Gasteiger partial charge in [0.2, 0.25) is 17.8 Å². The Bertz CT molecular complexity index is 976. The lowest BCUT2D eigenvalue weighted by atomic mass is 10.0. The summed E-state index contributed by atoms with van der Waals surface area (Å²) in [5.41, 5.74) is 29.0. The molecule has 35 heavy (non-hydrogen) atoms. The molecule has 0 spiro atoms. The molecule has 16 heteroatoms. The third-order valence-electron chi connectivity index (χ3n) is 5.67. The molecule has 0 aromatic carbocycles. The number of rotatable bonds is 5. The second kappa shape index (κ2) is 10.1. The Morgan fingerprint density at radius 2 is 1.31 bits per heavy atom. The lowest BCUT2D eigenvalue weighted by molar-refractivity contribution is -0.137. The van der Waals surface area contributed by atoms with Crippen LogP contribution in [-0.2, 0) is 6.18 Å². The minimum absolute atomic E-state index is 0.0350. The number of nitrogens with zero attached hydrogens (tertiary/aromatic N) is 6. The summed E-state index contributed by atoms with van der Waals surface area (Å²) in [7, 11) is 0. The molecule has 0 amide bonds. The van der Waals surface area contributed by atoms with Gasteiger partial charge in [0.05, 0.1) is 10.6 Å². The molecule has 2 aromatic heterocycles. The van der Waals surface area contributed by atoms with Gasteiger partial charge in [-0.2, -0.15) is 28.1 Å². The number of hydrogen-bond acceptors (Lipinski definition) is 12. The second-order valence-electron chi connectivity index (χ2n) is 8.88. The fourth-order valence-corrected chi connectivity index (χ4v) is 4.39. The zero-order valence-electron chi connectivity index (χ0n) is 18.7. The van der Waals surface area contributed by atoms with Gasteiger partial charge < -0.3 is 32.7 Å². The monoisotopic (exact) mass is 516 g/mol. The first-order valence-corrected chi connectivity index (χ1v) is 11.4. The molecule has 2 saturated heterocycles.